The molecule has 0 bridgehead atoms. The highest BCUT2D eigenvalue weighted by Crippen LogP contribution is 2.29. The lowest BCUT2D eigenvalue weighted by atomic mass is 10.1. The molecule has 9 heteroatoms. The number of hydrogen-bond donors (Lipinski definition) is 1. The smallest absolute Gasteiger partial charge is 0.257 e. The summed E-state index contributed by atoms with van der Waals surface area (Å²) < 4.78 is 0.749. The molecule has 7 nitrogen and oxygen atoms in total. The number of amides is 2. The first-order chi connectivity index (χ1) is 15.1. The van der Waals surface area contributed by atoms with Gasteiger partial charge in [0.25, 0.3) is 5.91 Å². The maximum absolute atomic E-state index is 12.5. The van der Waals surface area contributed by atoms with E-state index in [4.69, 9.17) is 5.26 Å². The Morgan fingerprint density at radius 3 is 2.61 bits per heavy atom. The Labute approximate surface area is 188 Å². The van der Waals surface area contributed by atoms with E-state index in [1.165, 1.54) is 23.1 Å². The van der Waals surface area contributed by atoms with E-state index in [0.717, 1.165) is 35.0 Å². The van der Waals surface area contributed by atoms with Gasteiger partial charge in [-0.15, -0.1) is 10.2 Å². The summed E-state index contributed by atoms with van der Waals surface area (Å²) in [5, 5.41) is 20.2. The number of nitrogens with zero attached hydrogens (tertiary/aromatic N) is 4. The van der Waals surface area contributed by atoms with Crippen molar-refractivity contribution in [2.24, 2.45) is 0 Å². The van der Waals surface area contributed by atoms with E-state index in [1.807, 2.05) is 12.1 Å². The fourth-order valence-corrected chi connectivity index (χ4v) is 4.88. The van der Waals surface area contributed by atoms with Crippen LogP contribution in [0.4, 0.5) is 10.8 Å². The molecule has 0 saturated carbocycles. The molecule has 1 aliphatic heterocycles. The third-order valence-corrected chi connectivity index (χ3v) is 6.88. The topological polar surface area (TPSA) is 99.0 Å². The number of rotatable bonds is 6. The number of hydrogen-bond acceptors (Lipinski definition) is 7. The van der Waals surface area contributed by atoms with Crippen LogP contribution >= 0.6 is 23.1 Å². The van der Waals surface area contributed by atoms with Crippen molar-refractivity contribution in [2.75, 3.05) is 16.8 Å². The van der Waals surface area contributed by atoms with Crippen LogP contribution in [0.5, 0.6) is 0 Å². The predicted molar refractivity (Wildman–Crippen MR) is 121 cm³/mol. The van der Waals surface area contributed by atoms with Gasteiger partial charge in [-0.2, -0.15) is 5.26 Å². The second-order valence-corrected chi connectivity index (χ2v) is 9.17. The van der Waals surface area contributed by atoms with Gasteiger partial charge in [-0.3, -0.25) is 14.9 Å². The van der Waals surface area contributed by atoms with Crippen LogP contribution in [0, 0.1) is 11.3 Å². The summed E-state index contributed by atoms with van der Waals surface area (Å²) in [6.07, 6.45) is 2.51. The summed E-state index contributed by atoms with van der Waals surface area (Å²) >= 11 is 2.83. The highest BCUT2D eigenvalue weighted by atomic mass is 32.2. The summed E-state index contributed by atoms with van der Waals surface area (Å²) in [5.41, 5.74) is 3.02. The number of nitrogens with one attached hydrogen (secondary N) is 1. The van der Waals surface area contributed by atoms with E-state index in [-0.39, 0.29) is 11.8 Å². The van der Waals surface area contributed by atoms with Crippen molar-refractivity contribution >= 4 is 45.7 Å². The minimum Gasteiger partial charge on any atom is -0.312 e. The monoisotopic (exact) mass is 449 g/mol. The molecule has 1 fully saturated rings. The Hall–Kier alpha value is -3.22. The molecule has 4 rings (SSSR count). The number of benzene rings is 2. The molecule has 31 heavy (non-hydrogen) atoms. The average Bonchev–Trinajstić information content (AvgIpc) is 3.25. The highest BCUT2D eigenvalue weighted by molar-refractivity contribution is 8.00. The van der Waals surface area contributed by atoms with E-state index < -0.39 is 0 Å². The number of nitriles is 1. The van der Waals surface area contributed by atoms with Crippen LogP contribution in [-0.2, 0) is 10.5 Å². The molecule has 1 aromatic heterocycles. The molecule has 1 aliphatic rings. The van der Waals surface area contributed by atoms with Crippen LogP contribution in [0.1, 0.15) is 40.7 Å². The minimum atomic E-state index is -0.267. The molecule has 0 spiro atoms. The molecule has 2 aromatic carbocycles. The number of thioether (sulfide) groups is 1. The molecular weight excluding hydrogens is 430 g/mol. The molecule has 2 heterocycles. The first kappa shape index (κ1) is 21.0. The van der Waals surface area contributed by atoms with E-state index >= 15 is 0 Å². The first-order valence-corrected chi connectivity index (χ1v) is 11.6. The summed E-state index contributed by atoms with van der Waals surface area (Å²) in [6, 6.07) is 16.5. The fourth-order valence-electron chi connectivity index (χ4n) is 3.18. The van der Waals surface area contributed by atoms with Crippen LogP contribution in [0.3, 0.4) is 0 Å². The van der Waals surface area contributed by atoms with Gasteiger partial charge in [0.15, 0.2) is 4.34 Å². The largest absolute Gasteiger partial charge is 0.312 e. The van der Waals surface area contributed by atoms with Crippen molar-refractivity contribution in [3.8, 4) is 6.07 Å². The molecule has 3 aromatic rings. The van der Waals surface area contributed by atoms with Gasteiger partial charge in [-0.1, -0.05) is 35.2 Å². The Morgan fingerprint density at radius 2 is 1.90 bits per heavy atom. The number of piperidine rings is 1. The van der Waals surface area contributed by atoms with Crippen molar-refractivity contribution in [1.82, 2.24) is 10.2 Å². The van der Waals surface area contributed by atoms with Crippen molar-refractivity contribution < 1.29 is 9.59 Å². The van der Waals surface area contributed by atoms with Gasteiger partial charge in [0.2, 0.25) is 11.0 Å². The summed E-state index contributed by atoms with van der Waals surface area (Å²) in [7, 11) is 0. The molecule has 0 unspecified atom stereocenters. The maximum atomic E-state index is 12.5. The van der Waals surface area contributed by atoms with E-state index in [0.29, 0.717) is 28.4 Å². The van der Waals surface area contributed by atoms with Gasteiger partial charge in [0, 0.05) is 30.0 Å². The van der Waals surface area contributed by atoms with Gasteiger partial charge in [0.1, 0.15) is 0 Å². The second-order valence-electron chi connectivity index (χ2n) is 6.97. The minimum absolute atomic E-state index is 0.128. The average molecular weight is 450 g/mol. The Kier molecular flexibility index (Phi) is 6.60. The van der Waals surface area contributed by atoms with Gasteiger partial charge in [0.05, 0.1) is 11.6 Å². The zero-order chi connectivity index (χ0) is 21.6. The molecule has 2 amide bonds. The lowest BCUT2D eigenvalue weighted by Crippen LogP contribution is -2.35. The van der Waals surface area contributed by atoms with Crippen LogP contribution in [0.2, 0.25) is 0 Å². The lowest BCUT2D eigenvalue weighted by molar-refractivity contribution is -0.119. The predicted octanol–water partition coefficient (Wildman–Crippen LogP) is 4.47. The van der Waals surface area contributed by atoms with E-state index in [9.17, 15) is 9.59 Å². The summed E-state index contributed by atoms with van der Waals surface area (Å²) in [4.78, 5) is 26.3. The van der Waals surface area contributed by atoms with Crippen molar-refractivity contribution in [3.05, 3.63) is 65.2 Å². The zero-order valence-electron chi connectivity index (χ0n) is 16.6. The fraction of sp³-hybridized carbons (Fsp3) is 0.227. The molecule has 0 atom stereocenters. The third-order valence-electron chi connectivity index (χ3n) is 4.84. The van der Waals surface area contributed by atoms with Crippen LogP contribution in [0.25, 0.3) is 0 Å². The summed E-state index contributed by atoms with van der Waals surface area (Å²) in [6.45, 7) is 0.720. The van der Waals surface area contributed by atoms with Crippen molar-refractivity contribution in [3.63, 3.8) is 0 Å². The Bertz CT molecular complexity index is 1120. The molecule has 0 aliphatic carbocycles. The normalized spacial score (nSPS) is 13.6. The SMILES string of the molecule is N#Cc1ccc(CSc2nnc(NC(=O)c3ccc(N4CCCCC4=O)cc3)s2)cc1. The molecule has 1 saturated heterocycles. The van der Waals surface area contributed by atoms with Crippen LogP contribution < -0.4 is 10.2 Å². The van der Waals surface area contributed by atoms with Gasteiger partial charge in [-0.05, 0) is 54.8 Å². The highest BCUT2D eigenvalue weighted by Gasteiger charge is 2.20. The quantitative estimate of drug-likeness (QED) is 0.440. The second kappa shape index (κ2) is 9.73. The van der Waals surface area contributed by atoms with Crippen LogP contribution in [0.15, 0.2) is 52.9 Å². The number of carbonyl (C=O) groups excluding carboxylic acids is 2. The van der Waals surface area contributed by atoms with Crippen molar-refractivity contribution in [2.45, 2.75) is 29.4 Å². The van der Waals surface area contributed by atoms with E-state index in [1.54, 1.807) is 41.3 Å². The number of anilines is 2. The van der Waals surface area contributed by atoms with Crippen LogP contribution in [-0.4, -0.2) is 28.6 Å². The van der Waals surface area contributed by atoms with Gasteiger partial charge in [-0.25, -0.2) is 0 Å². The van der Waals surface area contributed by atoms with Crippen molar-refractivity contribution in [1.29, 1.82) is 5.26 Å². The van der Waals surface area contributed by atoms with Gasteiger partial charge < -0.3 is 4.90 Å². The molecule has 0 radical (unpaired) electrons. The standard InChI is InChI=1S/C22H19N5O2S2/c23-13-15-4-6-16(7-5-15)14-30-22-26-25-21(31-22)24-20(29)17-8-10-18(11-9-17)27-12-2-1-3-19(27)28/h4-11H,1-3,12,14H2,(H,24,25,29). The molecular formula is C22H19N5O2S2. The maximum Gasteiger partial charge on any atom is 0.257 e. The lowest BCUT2D eigenvalue weighted by Gasteiger charge is -2.26. The summed E-state index contributed by atoms with van der Waals surface area (Å²) in [5.74, 6) is 0.560. The number of aromatic nitrogens is 2. The Balaban J connectivity index is 1.33. The Morgan fingerprint density at radius 1 is 1.13 bits per heavy atom. The van der Waals surface area contributed by atoms with E-state index in [2.05, 4.69) is 21.6 Å². The molecule has 1 N–H and O–H groups in total. The number of carbonyl (C=O) groups is 2. The van der Waals surface area contributed by atoms with Gasteiger partial charge >= 0.3 is 0 Å². The zero-order valence-corrected chi connectivity index (χ0v) is 18.2. The third kappa shape index (κ3) is 5.29. The molecule has 156 valence electrons. The first-order valence-electron chi connectivity index (χ1n) is 9.79.